The van der Waals surface area contributed by atoms with Gasteiger partial charge in [0.15, 0.2) is 11.9 Å². The summed E-state index contributed by atoms with van der Waals surface area (Å²) in [4.78, 5) is 35.2. The second-order valence-corrected chi connectivity index (χ2v) is 5.96. The van der Waals surface area contributed by atoms with Crippen LogP contribution < -0.4 is 0 Å². The zero-order valence-corrected chi connectivity index (χ0v) is 14.8. The fraction of sp³-hybridized carbons (Fsp3) is 0.238. The van der Waals surface area contributed by atoms with Gasteiger partial charge in [0.25, 0.3) is 0 Å². The highest BCUT2D eigenvalue weighted by Crippen LogP contribution is 2.24. The summed E-state index contributed by atoms with van der Waals surface area (Å²) in [6.07, 6.45) is 0.667. The summed E-state index contributed by atoms with van der Waals surface area (Å²) in [5.41, 5.74) is 1.33. The van der Waals surface area contributed by atoms with Crippen molar-refractivity contribution < 1.29 is 14.3 Å². The maximum atomic E-state index is 12.4. The van der Waals surface area contributed by atoms with Gasteiger partial charge >= 0.3 is 5.91 Å². The number of amides is 1. The van der Waals surface area contributed by atoms with Crippen molar-refractivity contribution in [2.24, 2.45) is 11.1 Å². The summed E-state index contributed by atoms with van der Waals surface area (Å²) in [6, 6.07) is 18.0. The van der Waals surface area contributed by atoms with Crippen LogP contribution in [-0.4, -0.2) is 17.8 Å². The van der Waals surface area contributed by atoms with Crippen molar-refractivity contribution in [2.75, 3.05) is 0 Å². The number of rotatable bonds is 8. The van der Waals surface area contributed by atoms with E-state index >= 15 is 0 Å². The van der Waals surface area contributed by atoms with E-state index in [2.05, 4.69) is 5.18 Å². The van der Waals surface area contributed by atoms with Crippen LogP contribution >= 0.6 is 0 Å². The van der Waals surface area contributed by atoms with Gasteiger partial charge in [-0.15, -0.1) is 4.91 Å². The molecule has 0 saturated carbocycles. The van der Waals surface area contributed by atoms with Crippen molar-refractivity contribution in [1.82, 2.24) is 0 Å². The highest BCUT2D eigenvalue weighted by Gasteiger charge is 2.30. The third-order valence-electron chi connectivity index (χ3n) is 4.03. The molecule has 134 valence electrons. The topological polar surface area (TPSA) is 72.8 Å². The Hall–Kier alpha value is -3.08. The van der Waals surface area contributed by atoms with Gasteiger partial charge in [0.1, 0.15) is 5.76 Å². The molecule has 0 fully saturated rings. The minimum atomic E-state index is -1.12. The number of nitrogens with zero attached hydrogens (tertiary/aromatic N) is 1. The quantitative estimate of drug-likeness (QED) is 0.395. The molecule has 2 atom stereocenters. The van der Waals surface area contributed by atoms with E-state index in [0.717, 1.165) is 5.56 Å². The fourth-order valence-corrected chi connectivity index (χ4v) is 2.65. The second kappa shape index (κ2) is 9.42. The van der Waals surface area contributed by atoms with E-state index in [-0.39, 0.29) is 12.2 Å². The van der Waals surface area contributed by atoms with Gasteiger partial charge in [-0.3, -0.25) is 9.59 Å². The van der Waals surface area contributed by atoms with Gasteiger partial charge in [0.05, 0.1) is 0 Å². The molecular formula is C21H21NO4. The first-order valence-corrected chi connectivity index (χ1v) is 8.40. The van der Waals surface area contributed by atoms with E-state index in [4.69, 9.17) is 4.74 Å². The summed E-state index contributed by atoms with van der Waals surface area (Å²) in [5.74, 6) is -1.08. The molecule has 5 nitrogen and oxygen atoms in total. The number of nitroso groups, excluding NO2 is 1. The van der Waals surface area contributed by atoms with Gasteiger partial charge in [0.2, 0.25) is 0 Å². The molecule has 1 amide bonds. The molecule has 26 heavy (non-hydrogen) atoms. The maximum absolute atomic E-state index is 12.4. The maximum Gasteiger partial charge on any atom is 0.326 e. The molecule has 2 aromatic carbocycles. The molecule has 0 N–H and O–H groups in total. The Bertz CT molecular complexity index is 784. The predicted octanol–water partition coefficient (Wildman–Crippen LogP) is 4.63. The van der Waals surface area contributed by atoms with Crippen molar-refractivity contribution in [3.63, 3.8) is 0 Å². The lowest BCUT2D eigenvalue weighted by atomic mass is 9.94. The standard InChI is InChI=1S/C21H21NO4/c1-3-19(17-12-8-5-9-13-17)26-20(21(24)22-25)15(2)14-18(23)16-10-6-4-7-11-16/h3-13,15,20H,14H2,1-2H3/b19-3-. The molecule has 0 bridgehead atoms. The average molecular weight is 351 g/mol. The van der Waals surface area contributed by atoms with Crippen LogP contribution in [-0.2, 0) is 9.53 Å². The number of benzene rings is 2. The van der Waals surface area contributed by atoms with Crippen LogP contribution in [0.25, 0.3) is 5.76 Å². The number of hydrogen-bond donors (Lipinski definition) is 0. The van der Waals surface area contributed by atoms with Gasteiger partial charge in [-0.2, -0.15) is 0 Å². The minimum Gasteiger partial charge on any atom is -0.480 e. The molecule has 2 unspecified atom stereocenters. The SMILES string of the molecule is C/C=C(\OC(C(=O)N=O)C(C)CC(=O)c1ccccc1)c1ccccc1. The summed E-state index contributed by atoms with van der Waals surface area (Å²) >= 11 is 0. The van der Waals surface area contributed by atoms with Crippen LogP contribution in [0.1, 0.15) is 36.2 Å². The van der Waals surface area contributed by atoms with Gasteiger partial charge in [-0.25, -0.2) is 0 Å². The van der Waals surface area contributed by atoms with Crippen LogP contribution in [0.2, 0.25) is 0 Å². The fourth-order valence-electron chi connectivity index (χ4n) is 2.65. The van der Waals surface area contributed by atoms with E-state index in [1.807, 2.05) is 36.4 Å². The molecule has 0 radical (unpaired) electrons. The zero-order valence-electron chi connectivity index (χ0n) is 14.8. The van der Waals surface area contributed by atoms with Crippen LogP contribution in [0, 0.1) is 10.8 Å². The zero-order chi connectivity index (χ0) is 18.9. The van der Waals surface area contributed by atoms with E-state index in [1.54, 1.807) is 44.2 Å². The van der Waals surface area contributed by atoms with E-state index in [1.165, 1.54) is 0 Å². The Morgan fingerprint density at radius 1 is 1.00 bits per heavy atom. The monoisotopic (exact) mass is 351 g/mol. The number of ketones is 1. The van der Waals surface area contributed by atoms with Crippen molar-refractivity contribution in [1.29, 1.82) is 0 Å². The van der Waals surface area contributed by atoms with Gasteiger partial charge < -0.3 is 4.74 Å². The number of Topliss-reactive ketones (excluding diaryl/α,β-unsaturated/α-hetero) is 1. The van der Waals surface area contributed by atoms with E-state index in [0.29, 0.717) is 11.3 Å². The lowest BCUT2D eigenvalue weighted by Crippen LogP contribution is -2.31. The van der Waals surface area contributed by atoms with Crippen molar-refractivity contribution in [3.8, 4) is 0 Å². The molecule has 0 aliphatic carbocycles. The summed E-state index contributed by atoms with van der Waals surface area (Å²) in [7, 11) is 0. The summed E-state index contributed by atoms with van der Waals surface area (Å²) in [6.45, 7) is 3.48. The largest absolute Gasteiger partial charge is 0.480 e. The third-order valence-corrected chi connectivity index (χ3v) is 4.03. The summed E-state index contributed by atoms with van der Waals surface area (Å²) < 4.78 is 5.80. The van der Waals surface area contributed by atoms with Crippen LogP contribution in [0.3, 0.4) is 0 Å². The molecule has 5 heteroatoms. The Kier molecular flexibility index (Phi) is 6.97. The van der Waals surface area contributed by atoms with Gasteiger partial charge in [-0.05, 0) is 13.0 Å². The highest BCUT2D eigenvalue weighted by atomic mass is 16.5. The lowest BCUT2D eigenvalue weighted by molar-refractivity contribution is -0.127. The Labute approximate surface area is 152 Å². The second-order valence-electron chi connectivity index (χ2n) is 5.96. The Morgan fingerprint density at radius 2 is 1.54 bits per heavy atom. The molecular weight excluding hydrogens is 330 g/mol. The number of allylic oxidation sites excluding steroid dienone is 1. The first-order valence-electron chi connectivity index (χ1n) is 8.40. The molecule has 0 aliphatic rings. The molecule has 0 heterocycles. The molecule has 0 aliphatic heterocycles. The molecule has 2 aromatic rings. The normalized spacial score (nSPS) is 13.5. The lowest BCUT2D eigenvalue weighted by Gasteiger charge is -2.23. The first-order chi connectivity index (χ1) is 12.6. The van der Waals surface area contributed by atoms with Gasteiger partial charge in [0, 0.05) is 28.6 Å². The van der Waals surface area contributed by atoms with Crippen LogP contribution in [0.4, 0.5) is 0 Å². The molecule has 0 aromatic heterocycles. The average Bonchev–Trinajstić information content (AvgIpc) is 2.69. The Balaban J connectivity index is 2.17. The third kappa shape index (κ3) is 4.96. The van der Waals surface area contributed by atoms with Crippen molar-refractivity contribution in [3.05, 3.63) is 82.8 Å². The molecule has 0 saturated heterocycles. The molecule has 2 rings (SSSR count). The van der Waals surface area contributed by atoms with Crippen LogP contribution in [0.15, 0.2) is 71.9 Å². The smallest absolute Gasteiger partial charge is 0.326 e. The number of ether oxygens (including phenoxy) is 1. The minimum absolute atomic E-state index is 0.0712. The first kappa shape index (κ1) is 19.2. The van der Waals surface area contributed by atoms with Gasteiger partial charge in [-0.1, -0.05) is 67.6 Å². The Morgan fingerprint density at radius 3 is 2.04 bits per heavy atom. The predicted molar refractivity (Wildman–Crippen MR) is 100 cm³/mol. The van der Waals surface area contributed by atoms with Crippen molar-refractivity contribution in [2.45, 2.75) is 26.4 Å². The number of carbonyl (C=O) groups excluding carboxylic acids is 2. The van der Waals surface area contributed by atoms with E-state index in [9.17, 15) is 14.5 Å². The number of carbonyl (C=O) groups is 2. The number of hydrogen-bond acceptors (Lipinski definition) is 4. The highest BCUT2D eigenvalue weighted by molar-refractivity contribution is 5.96. The molecule has 0 spiro atoms. The van der Waals surface area contributed by atoms with E-state index < -0.39 is 17.9 Å². The van der Waals surface area contributed by atoms with Crippen LogP contribution in [0.5, 0.6) is 0 Å². The summed E-state index contributed by atoms with van der Waals surface area (Å²) in [5, 5.41) is 2.52. The van der Waals surface area contributed by atoms with Crippen molar-refractivity contribution >= 4 is 17.4 Å².